The van der Waals surface area contributed by atoms with Crippen molar-refractivity contribution in [3.63, 3.8) is 0 Å². The fourth-order valence-electron chi connectivity index (χ4n) is 4.16. The molecule has 140 valence electrons. The average Bonchev–Trinajstić information content (AvgIpc) is 2.65. The fraction of sp³-hybridized carbons (Fsp3) is 0.350. The maximum atomic E-state index is 12.7. The highest BCUT2D eigenvalue weighted by Crippen LogP contribution is 2.43. The molecule has 0 aliphatic carbocycles. The van der Waals surface area contributed by atoms with Crippen molar-refractivity contribution in [3.8, 4) is 0 Å². The van der Waals surface area contributed by atoms with Crippen LogP contribution in [-0.4, -0.2) is 63.5 Å². The summed E-state index contributed by atoms with van der Waals surface area (Å²) in [5.41, 5.74) is 1.96. The van der Waals surface area contributed by atoms with Crippen LogP contribution in [0.3, 0.4) is 0 Å². The number of hydrogen-bond acceptors (Lipinski definition) is 4. The first-order valence-corrected chi connectivity index (χ1v) is 9.72. The Kier molecular flexibility index (Phi) is 4.97. The molecule has 0 spiro atoms. The third kappa shape index (κ3) is 3.37. The molecule has 2 fully saturated rings. The molecule has 2 aliphatic heterocycles. The molecule has 1 aromatic heterocycles. The standard InChI is InChI=1S/C20H20BrN3O3/c21-15-3-1-14(2-4-15)20-16-10-23(11-19(27)24(16)17(20)12-25)18(26)9-13-5-7-22-8-6-13/h1-8,16-17,20,25H,9-12H2/t16-,17-,20+/m0/s1. The van der Waals surface area contributed by atoms with Crippen LogP contribution >= 0.6 is 15.9 Å². The number of halogens is 1. The summed E-state index contributed by atoms with van der Waals surface area (Å²) >= 11 is 3.43. The minimum Gasteiger partial charge on any atom is -0.394 e. The van der Waals surface area contributed by atoms with E-state index in [2.05, 4.69) is 20.9 Å². The van der Waals surface area contributed by atoms with Crippen molar-refractivity contribution in [2.75, 3.05) is 19.7 Å². The zero-order valence-electron chi connectivity index (χ0n) is 14.7. The molecule has 0 saturated carbocycles. The zero-order chi connectivity index (χ0) is 19.0. The molecule has 2 aliphatic rings. The molecule has 2 saturated heterocycles. The molecule has 6 nitrogen and oxygen atoms in total. The molecule has 1 N–H and O–H groups in total. The van der Waals surface area contributed by atoms with E-state index in [0.717, 1.165) is 15.6 Å². The lowest BCUT2D eigenvalue weighted by atomic mass is 9.73. The van der Waals surface area contributed by atoms with Gasteiger partial charge in [-0.15, -0.1) is 0 Å². The summed E-state index contributed by atoms with van der Waals surface area (Å²) in [4.78, 5) is 32.7. The van der Waals surface area contributed by atoms with Crippen molar-refractivity contribution >= 4 is 27.7 Å². The number of pyridine rings is 1. The van der Waals surface area contributed by atoms with Gasteiger partial charge in [-0.1, -0.05) is 28.1 Å². The van der Waals surface area contributed by atoms with Gasteiger partial charge in [-0.25, -0.2) is 0 Å². The minimum atomic E-state index is -0.221. The van der Waals surface area contributed by atoms with Gasteiger partial charge in [0.05, 0.1) is 31.7 Å². The van der Waals surface area contributed by atoms with E-state index >= 15 is 0 Å². The van der Waals surface area contributed by atoms with Gasteiger partial charge in [0.1, 0.15) is 0 Å². The number of amides is 2. The normalized spacial score (nSPS) is 24.4. The number of aliphatic hydroxyl groups excluding tert-OH is 1. The summed E-state index contributed by atoms with van der Waals surface area (Å²) in [6.07, 6.45) is 3.58. The maximum absolute atomic E-state index is 12.7. The Balaban J connectivity index is 1.52. The molecule has 7 heteroatoms. The number of fused-ring (bicyclic) bond motifs is 1. The predicted octanol–water partition coefficient (Wildman–Crippen LogP) is 1.58. The summed E-state index contributed by atoms with van der Waals surface area (Å²) in [6.45, 7) is 0.491. The molecule has 4 rings (SSSR count). The molecule has 3 heterocycles. The van der Waals surface area contributed by atoms with Crippen molar-refractivity contribution < 1.29 is 14.7 Å². The smallest absolute Gasteiger partial charge is 0.242 e. The quantitative estimate of drug-likeness (QED) is 0.800. The Bertz CT molecular complexity index is 843. The molecule has 0 radical (unpaired) electrons. The second-order valence-electron chi connectivity index (χ2n) is 7.00. The van der Waals surface area contributed by atoms with E-state index in [4.69, 9.17) is 0 Å². The first kappa shape index (κ1) is 18.1. The summed E-state index contributed by atoms with van der Waals surface area (Å²) < 4.78 is 0.983. The Morgan fingerprint density at radius 3 is 2.56 bits per heavy atom. The molecule has 0 unspecified atom stereocenters. The van der Waals surface area contributed by atoms with Gasteiger partial charge >= 0.3 is 0 Å². The van der Waals surface area contributed by atoms with Gasteiger partial charge in [0.15, 0.2) is 0 Å². The number of aromatic nitrogens is 1. The summed E-state index contributed by atoms with van der Waals surface area (Å²) in [7, 11) is 0. The number of hydrogen-bond donors (Lipinski definition) is 1. The number of aliphatic hydroxyl groups is 1. The van der Waals surface area contributed by atoms with Gasteiger partial charge in [0.25, 0.3) is 0 Å². The minimum absolute atomic E-state index is 0.0311. The van der Waals surface area contributed by atoms with Crippen LogP contribution in [0, 0.1) is 0 Å². The Morgan fingerprint density at radius 2 is 1.89 bits per heavy atom. The number of carbonyl (C=O) groups excluding carboxylic acids is 2. The lowest BCUT2D eigenvalue weighted by Crippen LogP contribution is -2.73. The van der Waals surface area contributed by atoms with Crippen molar-refractivity contribution in [1.29, 1.82) is 0 Å². The highest BCUT2D eigenvalue weighted by Gasteiger charge is 2.54. The Hall–Kier alpha value is -2.25. The second-order valence-corrected chi connectivity index (χ2v) is 7.92. The molecule has 3 atom stereocenters. The first-order valence-electron chi connectivity index (χ1n) is 8.92. The fourth-order valence-corrected chi connectivity index (χ4v) is 4.43. The van der Waals surface area contributed by atoms with Crippen LogP contribution in [0.15, 0.2) is 53.3 Å². The van der Waals surface area contributed by atoms with Crippen molar-refractivity contribution in [1.82, 2.24) is 14.8 Å². The Morgan fingerprint density at radius 1 is 1.19 bits per heavy atom. The SMILES string of the molecule is O=C(Cc1ccncc1)N1CC(=O)N2[C@@H](CO)[C@H](c3ccc(Br)cc3)[C@@H]2C1. The van der Waals surface area contributed by atoms with E-state index in [-0.39, 0.29) is 49.4 Å². The summed E-state index contributed by atoms with van der Waals surface area (Å²) in [5, 5.41) is 9.81. The van der Waals surface area contributed by atoms with Gasteiger partial charge in [0, 0.05) is 29.3 Å². The van der Waals surface area contributed by atoms with Gasteiger partial charge < -0.3 is 14.9 Å². The molecule has 2 amide bonds. The first-order chi connectivity index (χ1) is 13.1. The van der Waals surface area contributed by atoms with Crippen LogP contribution < -0.4 is 0 Å². The highest BCUT2D eigenvalue weighted by atomic mass is 79.9. The summed E-state index contributed by atoms with van der Waals surface area (Å²) in [6, 6.07) is 11.3. The van der Waals surface area contributed by atoms with Crippen LogP contribution in [0.25, 0.3) is 0 Å². The molecule has 1 aromatic carbocycles. The van der Waals surface area contributed by atoms with E-state index in [1.54, 1.807) is 22.2 Å². The van der Waals surface area contributed by atoms with Gasteiger partial charge in [0.2, 0.25) is 11.8 Å². The third-order valence-electron chi connectivity index (χ3n) is 5.46. The van der Waals surface area contributed by atoms with Gasteiger partial charge in [-0.05, 0) is 35.4 Å². The molecular formula is C20H20BrN3O3. The number of rotatable bonds is 4. The molecular weight excluding hydrogens is 410 g/mol. The highest BCUT2D eigenvalue weighted by molar-refractivity contribution is 9.10. The topological polar surface area (TPSA) is 73.7 Å². The van der Waals surface area contributed by atoms with E-state index in [0.29, 0.717) is 6.54 Å². The van der Waals surface area contributed by atoms with Crippen molar-refractivity contribution in [2.24, 2.45) is 0 Å². The lowest BCUT2D eigenvalue weighted by Gasteiger charge is -2.58. The monoisotopic (exact) mass is 429 g/mol. The molecule has 2 aromatic rings. The van der Waals surface area contributed by atoms with Crippen LogP contribution in [0.4, 0.5) is 0 Å². The third-order valence-corrected chi connectivity index (χ3v) is 5.99. The van der Waals surface area contributed by atoms with Crippen LogP contribution in [-0.2, 0) is 16.0 Å². The van der Waals surface area contributed by atoms with Gasteiger partial charge in [-0.2, -0.15) is 0 Å². The summed E-state index contributed by atoms with van der Waals surface area (Å²) in [5.74, 6) is -0.124. The van der Waals surface area contributed by atoms with Crippen LogP contribution in [0.5, 0.6) is 0 Å². The lowest BCUT2D eigenvalue weighted by molar-refractivity contribution is -0.166. The number of carbonyl (C=O) groups is 2. The number of benzene rings is 1. The second kappa shape index (κ2) is 7.40. The van der Waals surface area contributed by atoms with Crippen LogP contribution in [0.2, 0.25) is 0 Å². The molecule has 27 heavy (non-hydrogen) atoms. The predicted molar refractivity (Wildman–Crippen MR) is 103 cm³/mol. The van der Waals surface area contributed by atoms with E-state index in [1.165, 1.54) is 0 Å². The van der Waals surface area contributed by atoms with Crippen molar-refractivity contribution in [3.05, 3.63) is 64.4 Å². The molecule has 0 bridgehead atoms. The van der Waals surface area contributed by atoms with E-state index < -0.39 is 0 Å². The Labute approximate surface area is 165 Å². The van der Waals surface area contributed by atoms with Crippen molar-refractivity contribution in [2.45, 2.75) is 24.4 Å². The number of nitrogens with zero attached hydrogens (tertiary/aromatic N) is 3. The van der Waals surface area contributed by atoms with E-state index in [9.17, 15) is 14.7 Å². The zero-order valence-corrected chi connectivity index (χ0v) is 16.2. The average molecular weight is 430 g/mol. The van der Waals surface area contributed by atoms with Crippen LogP contribution in [0.1, 0.15) is 17.0 Å². The maximum Gasteiger partial charge on any atom is 0.242 e. The largest absolute Gasteiger partial charge is 0.394 e. The number of piperazine rings is 1. The van der Waals surface area contributed by atoms with E-state index in [1.807, 2.05) is 36.4 Å². The van der Waals surface area contributed by atoms with Gasteiger partial charge in [-0.3, -0.25) is 14.6 Å².